The molecule has 0 radical (unpaired) electrons. The lowest BCUT2D eigenvalue weighted by atomic mass is 10.1. The summed E-state index contributed by atoms with van der Waals surface area (Å²) >= 11 is -2.36. The number of hydrogen-bond donors (Lipinski definition) is 1. The fourth-order valence-corrected chi connectivity index (χ4v) is 4.20. The van der Waals surface area contributed by atoms with E-state index in [0.717, 1.165) is 39.5 Å². The van der Waals surface area contributed by atoms with Gasteiger partial charge in [0, 0.05) is 54.4 Å². The average Bonchev–Trinajstić information content (AvgIpc) is 3.11. The number of rotatable bonds is 9. The van der Waals surface area contributed by atoms with Gasteiger partial charge >= 0.3 is 11.4 Å². The largest absolute Gasteiger partial charge is 0.497 e. The third kappa shape index (κ3) is 5.26. The van der Waals surface area contributed by atoms with Crippen LogP contribution in [0.3, 0.4) is 0 Å². The van der Waals surface area contributed by atoms with Crippen LogP contribution in [-0.2, 0) is 22.6 Å². The van der Waals surface area contributed by atoms with Crippen LogP contribution in [0.15, 0.2) is 42.6 Å². The van der Waals surface area contributed by atoms with E-state index in [1.54, 1.807) is 26.5 Å². The summed E-state index contributed by atoms with van der Waals surface area (Å²) in [6, 6.07) is 11.2. The lowest BCUT2D eigenvalue weighted by Gasteiger charge is -2.26. The van der Waals surface area contributed by atoms with Crippen molar-refractivity contribution < 1.29 is 22.4 Å². The van der Waals surface area contributed by atoms with Gasteiger partial charge in [-0.2, -0.15) is 9.31 Å². The van der Waals surface area contributed by atoms with Gasteiger partial charge in [0.05, 0.1) is 49.4 Å². The molecule has 2 aromatic heterocycles. The minimum Gasteiger partial charge on any atom is -0.497 e. The number of methoxy groups -OCH3 is 2. The van der Waals surface area contributed by atoms with Gasteiger partial charge in [-0.3, -0.25) is 18.4 Å². The molecule has 0 saturated heterocycles. The molecular formula is C24H27N5O5S. The zero-order chi connectivity index (χ0) is 25.1. The van der Waals surface area contributed by atoms with Crippen LogP contribution in [0.2, 0.25) is 0 Å². The lowest BCUT2D eigenvalue weighted by Crippen LogP contribution is -2.23. The maximum atomic E-state index is 11.1. The molecule has 2 aromatic carbocycles. The van der Waals surface area contributed by atoms with E-state index in [1.165, 1.54) is 0 Å². The number of ether oxygens (including phenoxy) is 2. The highest BCUT2D eigenvalue weighted by Crippen LogP contribution is 2.34. The smallest absolute Gasteiger partial charge is 0.301 e. The fourth-order valence-electron chi connectivity index (χ4n) is 3.99. The van der Waals surface area contributed by atoms with Gasteiger partial charge in [0.15, 0.2) is 0 Å². The molecule has 0 fully saturated rings. The fraction of sp³-hybridized carbons (Fsp3) is 0.292. The van der Waals surface area contributed by atoms with Crippen LogP contribution in [0.4, 0.5) is 11.4 Å². The molecule has 11 heteroatoms. The van der Waals surface area contributed by atoms with Crippen LogP contribution in [0.5, 0.6) is 11.5 Å². The third-order valence-corrected chi connectivity index (χ3v) is 6.12. The van der Waals surface area contributed by atoms with Crippen molar-refractivity contribution in [2.45, 2.75) is 13.8 Å². The number of anilines is 2. The van der Waals surface area contributed by atoms with E-state index in [2.05, 4.69) is 10.1 Å². The molecule has 184 valence electrons. The summed E-state index contributed by atoms with van der Waals surface area (Å²) in [6.45, 7) is 4.26. The molecule has 0 bridgehead atoms. The Bertz CT molecular complexity index is 1370. The van der Waals surface area contributed by atoms with Gasteiger partial charge in [0.25, 0.3) is 0 Å². The number of benzene rings is 2. The first-order valence-corrected chi connectivity index (χ1v) is 11.9. The van der Waals surface area contributed by atoms with Crippen molar-refractivity contribution in [1.29, 1.82) is 0 Å². The van der Waals surface area contributed by atoms with Gasteiger partial charge < -0.3 is 14.4 Å². The van der Waals surface area contributed by atoms with Crippen molar-refractivity contribution in [3.8, 4) is 22.8 Å². The highest BCUT2D eigenvalue weighted by Gasteiger charge is 2.17. The minimum absolute atomic E-state index is 0.0144. The van der Waals surface area contributed by atoms with Crippen LogP contribution in [-0.4, -0.2) is 55.9 Å². The summed E-state index contributed by atoms with van der Waals surface area (Å²) in [6.07, 6.45) is 1.76. The van der Waals surface area contributed by atoms with Crippen molar-refractivity contribution in [1.82, 2.24) is 19.7 Å². The standard InChI is InChI=1S/C24H27N5O5S/c1-15-24(16(2)28(3)27-15)23-14-25-21-7-6-17(12-22(21)26-23)29(8-9-34-35(30)31)18-10-19(32-4)13-20(11-18)33-5/h6-7,10-14H,8-9H2,1-5H3,(H,30,31). The zero-order valence-corrected chi connectivity index (χ0v) is 21.0. The second kappa shape index (κ2) is 10.4. The summed E-state index contributed by atoms with van der Waals surface area (Å²) in [5.41, 5.74) is 6.59. The van der Waals surface area contributed by atoms with Crippen LogP contribution in [0.1, 0.15) is 11.4 Å². The minimum atomic E-state index is -2.36. The summed E-state index contributed by atoms with van der Waals surface area (Å²) in [5.74, 6) is 1.22. The molecule has 0 aliphatic rings. The van der Waals surface area contributed by atoms with Crippen molar-refractivity contribution in [3.05, 3.63) is 54.0 Å². The molecular weight excluding hydrogens is 470 g/mol. The van der Waals surface area contributed by atoms with E-state index in [4.69, 9.17) is 23.2 Å². The van der Waals surface area contributed by atoms with Crippen LogP contribution in [0.25, 0.3) is 22.3 Å². The monoisotopic (exact) mass is 497 g/mol. The third-order valence-electron chi connectivity index (χ3n) is 5.75. The summed E-state index contributed by atoms with van der Waals surface area (Å²) in [7, 11) is 5.06. The zero-order valence-electron chi connectivity index (χ0n) is 20.2. The maximum Gasteiger partial charge on any atom is 0.301 e. The Morgan fingerprint density at radius 2 is 1.74 bits per heavy atom. The Morgan fingerprint density at radius 1 is 1.03 bits per heavy atom. The van der Waals surface area contributed by atoms with Crippen molar-refractivity contribution >= 4 is 33.8 Å². The van der Waals surface area contributed by atoms with Crippen LogP contribution < -0.4 is 14.4 Å². The summed E-state index contributed by atoms with van der Waals surface area (Å²) in [4.78, 5) is 11.4. The Balaban J connectivity index is 1.80. The lowest BCUT2D eigenvalue weighted by molar-refractivity contribution is 0.315. The second-order valence-electron chi connectivity index (χ2n) is 7.86. The number of aromatic nitrogens is 4. The molecule has 0 aliphatic heterocycles. The Kier molecular flexibility index (Phi) is 7.29. The molecule has 10 nitrogen and oxygen atoms in total. The molecule has 1 unspecified atom stereocenters. The van der Waals surface area contributed by atoms with Crippen molar-refractivity contribution in [2.75, 3.05) is 32.3 Å². The van der Waals surface area contributed by atoms with Gasteiger partial charge in [-0.15, -0.1) is 0 Å². The molecule has 1 N–H and O–H groups in total. The van der Waals surface area contributed by atoms with E-state index in [9.17, 15) is 4.21 Å². The highest BCUT2D eigenvalue weighted by atomic mass is 32.2. The average molecular weight is 498 g/mol. The van der Waals surface area contributed by atoms with Crippen molar-refractivity contribution in [3.63, 3.8) is 0 Å². The van der Waals surface area contributed by atoms with Gasteiger partial charge in [0.2, 0.25) is 0 Å². The van der Waals surface area contributed by atoms with E-state index in [-0.39, 0.29) is 6.61 Å². The van der Waals surface area contributed by atoms with E-state index >= 15 is 0 Å². The van der Waals surface area contributed by atoms with Gasteiger partial charge in [0.1, 0.15) is 11.5 Å². The molecule has 0 aliphatic carbocycles. The molecule has 4 aromatic rings. The molecule has 0 saturated carbocycles. The molecule has 1 atom stereocenters. The maximum absolute atomic E-state index is 11.1. The molecule has 0 spiro atoms. The molecule has 2 heterocycles. The Hall–Kier alpha value is -3.54. The number of aryl methyl sites for hydroxylation is 2. The predicted molar refractivity (Wildman–Crippen MR) is 134 cm³/mol. The predicted octanol–water partition coefficient (Wildman–Crippen LogP) is 3.96. The SMILES string of the molecule is COc1cc(OC)cc(N(CCOS(=O)O)c2ccc3ncc(-c4c(C)nn(C)c4C)nc3c2)c1. The Morgan fingerprint density at radius 3 is 2.34 bits per heavy atom. The number of fused-ring (bicyclic) bond motifs is 1. The first-order chi connectivity index (χ1) is 16.8. The first kappa shape index (κ1) is 24.6. The van der Waals surface area contributed by atoms with Gasteiger partial charge in [-0.1, -0.05) is 0 Å². The van der Waals surface area contributed by atoms with E-state index in [1.807, 2.05) is 60.8 Å². The second-order valence-corrected chi connectivity index (χ2v) is 8.53. The quantitative estimate of drug-likeness (QED) is 0.343. The number of hydrogen-bond acceptors (Lipinski definition) is 8. The topological polar surface area (TPSA) is 112 Å². The van der Waals surface area contributed by atoms with Gasteiger partial charge in [-0.05, 0) is 32.0 Å². The van der Waals surface area contributed by atoms with Crippen molar-refractivity contribution in [2.24, 2.45) is 7.05 Å². The Labute approximate surface area is 206 Å². The molecule has 35 heavy (non-hydrogen) atoms. The number of nitrogens with zero attached hydrogens (tertiary/aromatic N) is 5. The summed E-state index contributed by atoms with van der Waals surface area (Å²) in [5, 5.41) is 4.49. The van der Waals surface area contributed by atoms with E-state index < -0.39 is 11.4 Å². The normalized spacial score (nSPS) is 12.1. The first-order valence-electron chi connectivity index (χ1n) is 10.8. The summed E-state index contributed by atoms with van der Waals surface area (Å²) < 4.78 is 37.7. The highest BCUT2D eigenvalue weighted by molar-refractivity contribution is 7.74. The van der Waals surface area contributed by atoms with Gasteiger partial charge in [-0.25, -0.2) is 4.98 Å². The molecule has 4 rings (SSSR count). The van der Waals surface area contributed by atoms with Crippen LogP contribution >= 0.6 is 0 Å². The van der Waals surface area contributed by atoms with Crippen LogP contribution in [0, 0.1) is 13.8 Å². The van der Waals surface area contributed by atoms with E-state index in [0.29, 0.717) is 23.6 Å². The molecule has 0 amide bonds.